The number of hydrogen-bond acceptors (Lipinski definition) is 4. The Bertz CT molecular complexity index is 563. The molecule has 0 radical (unpaired) electrons. The minimum Gasteiger partial charge on any atom is -0.465 e. The van der Waals surface area contributed by atoms with Crippen LogP contribution in [0.2, 0.25) is 0 Å². The van der Waals surface area contributed by atoms with Crippen LogP contribution in [0.15, 0.2) is 34.9 Å². The molecule has 1 heterocycles. The number of aromatic nitrogens is 1. The summed E-state index contributed by atoms with van der Waals surface area (Å²) in [5, 5.41) is 6.47. The summed E-state index contributed by atoms with van der Waals surface area (Å²) in [4.78, 5) is 11.8. The Labute approximate surface area is 111 Å². The first kappa shape index (κ1) is 13.1. The van der Waals surface area contributed by atoms with Crippen molar-refractivity contribution in [2.24, 2.45) is 0 Å². The van der Waals surface area contributed by atoms with Crippen LogP contribution in [0.5, 0.6) is 5.88 Å². The molecule has 5 heteroatoms. The molecule has 0 aliphatic rings. The molecule has 0 atom stereocenters. The molecule has 2 aromatic rings. The van der Waals surface area contributed by atoms with Crippen LogP contribution >= 0.6 is 0 Å². The second kappa shape index (κ2) is 6.04. The standard InChI is InChI=1S/C14H16N2O3/c1-3-11-6-4-5-7-12(11)15-13(17)9-18-14-8-10(2)19-16-14/h4-8H,3,9H2,1-2H3,(H,15,17). The van der Waals surface area contributed by atoms with Crippen LogP contribution in [-0.2, 0) is 11.2 Å². The van der Waals surface area contributed by atoms with Gasteiger partial charge in [0.2, 0.25) is 0 Å². The number of rotatable bonds is 5. The molecule has 0 aliphatic carbocycles. The highest BCUT2D eigenvalue weighted by atomic mass is 16.5. The predicted octanol–water partition coefficient (Wildman–Crippen LogP) is 2.56. The fourth-order valence-electron chi connectivity index (χ4n) is 1.69. The van der Waals surface area contributed by atoms with E-state index in [2.05, 4.69) is 10.5 Å². The van der Waals surface area contributed by atoms with E-state index in [1.165, 1.54) is 0 Å². The van der Waals surface area contributed by atoms with Crippen LogP contribution in [0.25, 0.3) is 0 Å². The summed E-state index contributed by atoms with van der Waals surface area (Å²) in [5.41, 5.74) is 1.91. The minimum absolute atomic E-state index is 0.0932. The molecule has 0 fully saturated rings. The number of para-hydroxylation sites is 1. The fraction of sp³-hybridized carbons (Fsp3) is 0.286. The van der Waals surface area contributed by atoms with Crippen LogP contribution in [0.3, 0.4) is 0 Å². The van der Waals surface area contributed by atoms with E-state index >= 15 is 0 Å². The van der Waals surface area contributed by atoms with Crippen molar-refractivity contribution in [3.05, 3.63) is 41.7 Å². The van der Waals surface area contributed by atoms with Gasteiger partial charge < -0.3 is 14.6 Å². The molecule has 0 aliphatic heterocycles. The highest BCUT2D eigenvalue weighted by Gasteiger charge is 2.08. The van der Waals surface area contributed by atoms with E-state index in [4.69, 9.17) is 9.26 Å². The Morgan fingerprint density at radius 3 is 2.89 bits per heavy atom. The molecule has 1 aromatic heterocycles. The maximum absolute atomic E-state index is 11.8. The molecule has 0 saturated carbocycles. The summed E-state index contributed by atoms with van der Waals surface area (Å²) >= 11 is 0. The van der Waals surface area contributed by atoms with Crippen molar-refractivity contribution in [3.8, 4) is 5.88 Å². The Morgan fingerprint density at radius 2 is 2.21 bits per heavy atom. The highest BCUT2D eigenvalue weighted by Crippen LogP contribution is 2.15. The third-order valence-electron chi connectivity index (χ3n) is 2.63. The van der Waals surface area contributed by atoms with Gasteiger partial charge in [-0.05, 0) is 30.1 Å². The van der Waals surface area contributed by atoms with E-state index in [1.54, 1.807) is 13.0 Å². The molecule has 5 nitrogen and oxygen atoms in total. The number of carbonyl (C=O) groups is 1. The number of nitrogens with one attached hydrogen (secondary N) is 1. The van der Waals surface area contributed by atoms with Crippen molar-refractivity contribution >= 4 is 11.6 Å². The normalized spacial score (nSPS) is 10.2. The minimum atomic E-state index is -0.221. The van der Waals surface area contributed by atoms with Gasteiger partial charge in [-0.1, -0.05) is 25.1 Å². The first-order valence-corrected chi connectivity index (χ1v) is 6.13. The number of amides is 1. The molecule has 2 rings (SSSR count). The molecule has 0 saturated heterocycles. The molecular formula is C14H16N2O3. The number of benzene rings is 1. The topological polar surface area (TPSA) is 64.4 Å². The van der Waals surface area contributed by atoms with Gasteiger partial charge in [-0.25, -0.2) is 0 Å². The predicted molar refractivity (Wildman–Crippen MR) is 71.2 cm³/mol. The largest absolute Gasteiger partial charge is 0.465 e. The average molecular weight is 260 g/mol. The Balaban J connectivity index is 1.90. The molecular weight excluding hydrogens is 244 g/mol. The van der Waals surface area contributed by atoms with Crippen molar-refractivity contribution in [2.45, 2.75) is 20.3 Å². The zero-order valence-corrected chi connectivity index (χ0v) is 11.0. The maximum Gasteiger partial charge on any atom is 0.262 e. The van der Waals surface area contributed by atoms with Gasteiger partial charge in [0.25, 0.3) is 11.8 Å². The quantitative estimate of drug-likeness (QED) is 0.897. The Morgan fingerprint density at radius 1 is 1.42 bits per heavy atom. The van der Waals surface area contributed by atoms with Crippen LogP contribution in [0.1, 0.15) is 18.2 Å². The van der Waals surface area contributed by atoms with E-state index < -0.39 is 0 Å². The van der Waals surface area contributed by atoms with Crippen molar-refractivity contribution in [1.29, 1.82) is 0 Å². The van der Waals surface area contributed by atoms with Gasteiger partial charge in [-0.3, -0.25) is 4.79 Å². The number of hydrogen-bond donors (Lipinski definition) is 1. The highest BCUT2D eigenvalue weighted by molar-refractivity contribution is 5.92. The zero-order chi connectivity index (χ0) is 13.7. The molecule has 19 heavy (non-hydrogen) atoms. The van der Waals surface area contributed by atoms with Gasteiger partial charge in [-0.2, -0.15) is 0 Å². The van der Waals surface area contributed by atoms with Crippen molar-refractivity contribution in [1.82, 2.24) is 5.16 Å². The van der Waals surface area contributed by atoms with E-state index in [0.717, 1.165) is 17.7 Å². The third-order valence-corrected chi connectivity index (χ3v) is 2.63. The summed E-state index contributed by atoms with van der Waals surface area (Å²) in [7, 11) is 0. The second-order valence-corrected chi connectivity index (χ2v) is 4.12. The van der Waals surface area contributed by atoms with Gasteiger partial charge in [0.1, 0.15) is 5.76 Å². The maximum atomic E-state index is 11.8. The van der Waals surface area contributed by atoms with Crippen molar-refractivity contribution in [2.75, 3.05) is 11.9 Å². The van der Waals surface area contributed by atoms with Crippen LogP contribution in [0, 0.1) is 6.92 Å². The lowest BCUT2D eigenvalue weighted by Gasteiger charge is -2.09. The average Bonchev–Trinajstić information content (AvgIpc) is 2.83. The first-order valence-electron chi connectivity index (χ1n) is 6.13. The van der Waals surface area contributed by atoms with E-state index in [9.17, 15) is 4.79 Å². The monoisotopic (exact) mass is 260 g/mol. The van der Waals surface area contributed by atoms with E-state index in [0.29, 0.717) is 11.6 Å². The lowest BCUT2D eigenvalue weighted by Crippen LogP contribution is -2.20. The smallest absolute Gasteiger partial charge is 0.262 e. The number of anilines is 1. The third kappa shape index (κ3) is 3.58. The summed E-state index contributed by atoms with van der Waals surface area (Å²) < 4.78 is 10.1. The number of ether oxygens (including phenoxy) is 1. The summed E-state index contributed by atoms with van der Waals surface area (Å²) in [6.45, 7) is 3.71. The Hall–Kier alpha value is -2.30. The molecule has 0 bridgehead atoms. The molecule has 1 aromatic carbocycles. The van der Waals surface area contributed by atoms with Gasteiger partial charge in [-0.15, -0.1) is 0 Å². The number of carbonyl (C=O) groups excluding carboxylic acids is 1. The lowest BCUT2D eigenvalue weighted by atomic mass is 10.1. The molecule has 100 valence electrons. The van der Waals surface area contributed by atoms with E-state index in [1.807, 2.05) is 31.2 Å². The van der Waals surface area contributed by atoms with Crippen LogP contribution in [0.4, 0.5) is 5.69 Å². The zero-order valence-electron chi connectivity index (χ0n) is 11.0. The van der Waals surface area contributed by atoms with Crippen molar-refractivity contribution in [3.63, 3.8) is 0 Å². The summed E-state index contributed by atoms with van der Waals surface area (Å²) in [5.74, 6) is 0.740. The molecule has 0 unspecified atom stereocenters. The van der Waals surface area contributed by atoms with Gasteiger partial charge in [0.05, 0.1) is 0 Å². The summed E-state index contributed by atoms with van der Waals surface area (Å²) in [6, 6.07) is 9.32. The van der Waals surface area contributed by atoms with E-state index in [-0.39, 0.29) is 12.5 Å². The van der Waals surface area contributed by atoms with Gasteiger partial charge in [0, 0.05) is 11.8 Å². The first-order chi connectivity index (χ1) is 9.19. The van der Waals surface area contributed by atoms with Crippen molar-refractivity contribution < 1.29 is 14.1 Å². The van der Waals surface area contributed by atoms with Crippen LogP contribution < -0.4 is 10.1 Å². The molecule has 1 amide bonds. The summed E-state index contributed by atoms with van der Waals surface area (Å²) in [6.07, 6.45) is 0.861. The second-order valence-electron chi connectivity index (χ2n) is 4.12. The molecule has 1 N–H and O–H groups in total. The fourth-order valence-corrected chi connectivity index (χ4v) is 1.69. The number of nitrogens with zero attached hydrogens (tertiary/aromatic N) is 1. The number of aryl methyl sites for hydroxylation is 2. The van der Waals surface area contributed by atoms with Gasteiger partial charge in [0.15, 0.2) is 6.61 Å². The molecule has 0 spiro atoms. The van der Waals surface area contributed by atoms with Gasteiger partial charge >= 0.3 is 0 Å². The lowest BCUT2D eigenvalue weighted by molar-refractivity contribution is -0.118. The van der Waals surface area contributed by atoms with Crippen LogP contribution in [-0.4, -0.2) is 17.7 Å². The SMILES string of the molecule is CCc1ccccc1NC(=O)COc1cc(C)on1. The Kier molecular flexibility index (Phi) is 4.18.